The lowest BCUT2D eigenvalue weighted by Gasteiger charge is -2.26. The fraction of sp³-hybridized carbons (Fsp3) is 0.333. The van der Waals surface area contributed by atoms with Crippen molar-refractivity contribution in [2.24, 2.45) is 5.73 Å². The average Bonchev–Trinajstić information content (AvgIpc) is 2.24. The van der Waals surface area contributed by atoms with E-state index in [0.717, 1.165) is 18.4 Å². The van der Waals surface area contributed by atoms with Crippen LogP contribution in [0.2, 0.25) is 0 Å². The van der Waals surface area contributed by atoms with Gasteiger partial charge in [0.25, 0.3) is 0 Å². The number of hydrogen-bond donors (Lipinski definition) is 3. The molecule has 0 radical (unpaired) electrons. The van der Waals surface area contributed by atoms with Crippen molar-refractivity contribution in [3.05, 3.63) is 29.8 Å². The predicted molar refractivity (Wildman–Crippen MR) is 72.1 cm³/mol. The van der Waals surface area contributed by atoms with Crippen LogP contribution in [0.5, 0.6) is 0 Å². The molecule has 4 nitrogen and oxygen atoms in total. The summed E-state index contributed by atoms with van der Waals surface area (Å²) in [6.45, 7) is 0. The molecule has 2 amide bonds. The minimum absolute atomic E-state index is 0.171. The lowest BCUT2D eigenvalue weighted by atomic mass is 9.93. The molecule has 0 aliphatic heterocycles. The lowest BCUT2D eigenvalue weighted by Crippen LogP contribution is -2.41. The highest BCUT2D eigenvalue weighted by molar-refractivity contribution is 7.80. The van der Waals surface area contributed by atoms with E-state index in [9.17, 15) is 4.79 Å². The van der Waals surface area contributed by atoms with Crippen LogP contribution in [0.1, 0.15) is 24.8 Å². The van der Waals surface area contributed by atoms with Crippen molar-refractivity contribution >= 4 is 28.9 Å². The Balaban J connectivity index is 1.95. The van der Waals surface area contributed by atoms with Crippen LogP contribution in [-0.2, 0) is 0 Å². The Morgan fingerprint density at radius 1 is 1.41 bits per heavy atom. The standard InChI is InChI=1S/C12H15N3OS/c13-11(17)8-3-1-6-10(7-8)15-12(16)14-9-4-2-5-9/h1,3,6-7,9H,2,4-5H2,(H2,13,17)(H2,14,15,16). The van der Waals surface area contributed by atoms with Gasteiger partial charge in [-0.2, -0.15) is 0 Å². The van der Waals surface area contributed by atoms with Gasteiger partial charge < -0.3 is 16.4 Å². The van der Waals surface area contributed by atoms with Gasteiger partial charge in [-0.25, -0.2) is 4.79 Å². The molecule has 4 N–H and O–H groups in total. The van der Waals surface area contributed by atoms with E-state index >= 15 is 0 Å². The molecule has 1 aliphatic rings. The van der Waals surface area contributed by atoms with Crippen molar-refractivity contribution in [1.82, 2.24) is 5.32 Å². The summed E-state index contributed by atoms with van der Waals surface area (Å²) < 4.78 is 0. The quantitative estimate of drug-likeness (QED) is 0.718. The number of carbonyl (C=O) groups is 1. The molecule has 1 aromatic rings. The molecule has 5 heteroatoms. The second kappa shape index (κ2) is 5.14. The van der Waals surface area contributed by atoms with Crippen molar-refractivity contribution < 1.29 is 4.79 Å². The number of thiocarbonyl (C=S) groups is 1. The third-order valence-corrected chi connectivity index (χ3v) is 3.08. The summed E-state index contributed by atoms with van der Waals surface area (Å²) in [5.74, 6) is 0. The average molecular weight is 249 g/mol. The number of nitrogens with two attached hydrogens (primary N) is 1. The zero-order valence-electron chi connectivity index (χ0n) is 9.40. The van der Waals surface area contributed by atoms with E-state index in [1.807, 2.05) is 18.2 Å². The first-order valence-corrected chi connectivity index (χ1v) is 6.03. The van der Waals surface area contributed by atoms with Gasteiger partial charge in [0.15, 0.2) is 0 Å². The Labute approximate surface area is 106 Å². The number of rotatable bonds is 3. The molecule has 0 bridgehead atoms. The van der Waals surface area contributed by atoms with E-state index in [0.29, 0.717) is 16.7 Å². The largest absolute Gasteiger partial charge is 0.389 e. The van der Waals surface area contributed by atoms with Crippen molar-refractivity contribution in [3.8, 4) is 0 Å². The molecule has 0 heterocycles. The summed E-state index contributed by atoms with van der Waals surface area (Å²) in [5.41, 5.74) is 6.98. The number of amides is 2. The normalized spacial score (nSPS) is 14.8. The zero-order chi connectivity index (χ0) is 12.3. The van der Waals surface area contributed by atoms with Gasteiger partial charge in [0.2, 0.25) is 0 Å². The first-order chi connectivity index (χ1) is 8.15. The highest BCUT2D eigenvalue weighted by atomic mass is 32.1. The maximum atomic E-state index is 11.6. The number of anilines is 1. The first kappa shape index (κ1) is 11.9. The van der Waals surface area contributed by atoms with Gasteiger partial charge in [-0.3, -0.25) is 0 Å². The van der Waals surface area contributed by atoms with Crippen molar-refractivity contribution in [1.29, 1.82) is 0 Å². The molecule has 0 spiro atoms. The predicted octanol–water partition coefficient (Wildman–Crippen LogP) is 1.99. The Kier molecular flexibility index (Phi) is 3.58. The van der Waals surface area contributed by atoms with Gasteiger partial charge in [-0.15, -0.1) is 0 Å². The zero-order valence-corrected chi connectivity index (χ0v) is 10.2. The molecule has 17 heavy (non-hydrogen) atoms. The smallest absolute Gasteiger partial charge is 0.319 e. The molecule has 0 saturated heterocycles. The van der Waals surface area contributed by atoms with Gasteiger partial charge in [-0.1, -0.05) is 24.4 Å². The van der Waals surface area contributed by atoms with Crippen LogP contribution >= 0.6 is 12.2 Å². The van der Waals surface area contributed by atoms with Crippen LogP contribution in [0.3, 0.4) is 0 Å². The molecule has 0 aromatic heterocycles. The third-order valence-electron chi connectivity index (χ3n) is 2.85. The molecular formula is C12H15N3OS. The number of hydrogen-bond acceptors (Lipinski definition) is 2. The molecule has 0 unspecified atom stereocenters. The van der Waals surface area contributed by atoms with E-state index in [-0.39, 0.29) is 6.03 Å². The topological polar surface area (TPSA) is 67.1 Å². The Morgan fingerprint density at radius 2 is 2.18 bits per heavy atom. The van der Waals surface area contributed by atoms with Gasteiger partial charge in [0.05, 0.1) is 0 Å². The summed E-state index contributed by atoms with van der Waals surface area (Å²) in [4.78, 5) is 11.9. The minimum Gasteiger partial charge on any atom is -0.389 e. The van der Waals surface area contributed by atoms with Gasteiger partial charge in [0.1, 0.15) is 4.99 Å². The van der Waals surface area contributed by atoms with Crippen LogP contribution in [0.4, 0.5) is 10.5 Å². The van der Waals surface area contributed by atoms with Crippen molar-refractivity contribution in [2.45, 2.75) is 25.3 Å². The van der Waals surface area contributed by atoms with Crippen LogP contribution in [0.25, 0.3) is 0 Å². The summed E-state index contributed by atoms with van der Waals surface area (Å²) in [6.07, 6.45) is 3.34. The molecule has 1 fully saturated rings. The van der Waals surface area contributed by atoms with E-state index in [1.165, 1.54) is 6.42 Å². The fourth-order valence-corrected chi connectivity index (χ4v) is 1.78. The summed E-state index contributed by atoms with van der Waals surface area (Å²) >= 11 is 4.88. The van der Waals surface area contributed by atoms with Crippen molar-refractivity contribution in [3.63, 3.8) is 0 Å². The van der Waals surface area contributed by atoms with Gasteiger partial charge >= 0.3 is 6.03 Å². The maximum absolute atomic E-state index is 11.6. The maximum Gasteiger partial charge on any atom is 0.319 e. The molecule has 1 saturated carbocycles. The van der Waals surface area contributed by atoms with Gasteiger partial charge in [-0.05, 0) is 31.4 Å². The number of urea groups is 1. The molecule has 1 aliphatic carbocycles. The molecule has 90 valence electrons. The van der Waals surface area contributed by atoms with Crippen LogP contribution in [0, 0.1) is 0 Å². The fourth-order valence-electron chi connectivity index (χ4n) is 1.66. The Morgan fingerprint density at radius 3 is 2.76 bits per heavy atom. The SMILES string of the molecule is NC(=S)c1cccc(NC(=O)NC2CCC2)c1. The van der Waals surface area contributed by atoms with Gasteiger partial charge in [0, 0.05) is 17.3 Å². The highest BCUT2D eigenvalue weighted by Crippen LogP contribution is 2.18. The van der Waals surface area contributed by atoms with Crippen LogP contribution < -0.4 is 16.4 Å². The third kappa shape index (κ3) is 3.17. The minimum atomic E-state index is -0.171. The summed E-state index contributed by atoms with van der Waals surface area (Å²) in [5, 5.41) is 5.67. The lowest BCUT2D eigenvalue weighted by molar-refractivity contribution is 0.240. The molecule has 2 rings (SSSR count). The molecular weight excluding hydrogens is 234 g/mol. The van der Waals surface area contributed by atoms with Crippen LogP contribution in [-0.4, -0.2) is 17.1 Å². The highest BCUT2D eigenvalue weighted by Gasteiger charge is 2.19. The monoisotopic (exact) mass is 249 g/mol. The Hall–Kier alpha value is -1.62. The number of carbonyl (C=O) groups excluding carboxylic acids is 1. The number of nitrogens with one attached hydrogen (secondary N) is 2. The Bertz CT molecular complexity index is 443. The van der Waals surface area contributed by atoms with E-state index in [1.54, 1.807) is 6.07 Å². The number of benzene rings is 1. The summed E-state index contributed by atoms with van der Waals surface area (Å²) in [7, 11) is 0. The van der Waals surface area contributed by atoms with E-state index < -0.39 is 0 Å². The molecule has 1 aromatic carbocycles. The second-order valence-corrected chi connectivity index (χ2v) is 4.61. The summed E-state index contributed by atoms with van der Waals surface area (Å²) in [6, 6.07) is 7.36. The second-order valence-electron chi connectivity index (χ2n) is 4.17. The van der Waals surface area contributed by atoms with E-state index in [4.69, 9.17) is 18.0 Å². The van der Waals surface area contributed by atoms with Crippen molar-refractivity contribution in [2.75, 3.05) is 5.32 Å². The molecule has 0 atom stereocenters. The van der Waals surface area contributed by atoms with E-state index in [2.05, 4.69) is 10.6 Å². The van der Waals surface area contributed by atoms with Crippen LogP contribution in [0.15, 0.2) is 24.3 Å². The first-order valence-electron chi connectivity index (χ1n) is 5.62.